The highest BCUT2D eigenvalue weighted by Crippen LogP contribution is 2.20. The summed E-state index contributed by atoms with van der Waals surface area (Å²) in [6.07, 6.45) is 1.40. The molecule has 28 heavy (non-hydrogen) atoms. The Morgan fingerprint density at radius 3 is 2.46 bits per heavy atom. The van der Waals surface area contributed by atoms with Gasteiger partial charge in [0.15, 0.2) is 0 Å². The number of carboxylic acids is 1. The van der Waals surface area contributed by atoms with Gasteiger partial charge in [-0.05, 0) is 41.5 Å². The zero-order chi connectivity index (χ0) is 20.1. The van der Waals surface area contributed by atoms with Crippen LogP contribution in [0.4, 0.5) is 4.39 Å². The Bertz CT molecular complexity index is 1010. The molecule has 0 aliphatic rings. The van der Waals surface area contributed by atoms with Crippen molar-refractivity contribution >= 4 is 23.5 Å². The average molecular weight is 399 g/mol. The van der Waals surface area contributed by atoms with Gasteiger partial charge in [-0.25, -0.2) is 14.2 Å². The summed E-state index contributed by atoms with van der Waals surface area (Å²) in [5.74, 6) is -2.01. The molecule has 2 aromatic carbocycles. The molecule has 5 nitrogen and oxygen atoms in total. The molecule has 1 N–H and O–H groups in total. The number of pyridine rings is 1. The number of hydrogen-bond acceptors (Lipinski definition) is 3. The molecule has 3 aromatic rings. The molecule has 1 amide bonds. The van der Waals surface area contributed by atoms with E-state index in [1.165, 1.54) is 41.4 Å². The van der Waals surface area contributed by atoms with Crippen molar-refractivity contribution in [2.24, 2.45) is 0 Å². The van der Waals surface area contributed by atoms with Crippen molar-refractivity contribution in [1.29, 1.82) is 0 Å². The van der Waals surface area contributed by atoms with E-state index in [9.17, 15) is 14.0 Å². The standard InChI is InChI=1S/C21H16ClFN2O3/c22-18-7-2-1-4-16(18)13-25(20(26)15-5-3-6-17(23)10-15)12-14-8-9-19(21(27)28)24-11-14/h1-11H,12-13H2,(H,27,28). The van der Waals surface area contributed by atoms with Gasteiger partial charge in [-0.3, -0.25) is 4.79 Å². The molecule has 1 aromatic heterocycles. The van der Waals surface area contributed by atoms with Gasteiger partial charge in [-0.1, -0.05) is 41.9 Å². The Morgan fingerprint density at radius 2 is 1.82 bits per heavy atom. The van der Waals surface area contributed by atoms with Gasteiger partial charge in [0.25, 0.3) is 5.91 Å². The van der Waals surface area contributed by atoms with Gasteiger partial charge in [-0.15, -0.1) is 0 Å². The summed E-state index contributed by atoms with van der Waals surface area (Å²) >= 11 is 6.23. The Morgan fingerprint density at radius 1 is 1.04 bits per heavy atom. The lowest BCUT2D eigenvalue weighted by Crippen LogP contribution is -2.30. The van der Waals surface area contributed by atoms with Gasteiger partial charge in [0, 0.05) is 29.9 Å². The number of amides is 1. The van der Waals surface area contributed by atoms with E-state index < -0.39 is 11.8 Å². The maximum Gasteiger partial charge on any atom is 0.354 e. The molecule has 0 aliphatic carbocycles. The smallest absolute Gasteiger partial charge is 0.354 e. The topological polar surface area (TPSA) is 70.5 Å². The Hall–Kier alpha value is -3.25. The molecule has 0 bridgehead atoms. The lowest BCUT2D eigenvalue weighted by molar-refractivity contribution is 0.0687. The number of nitrogens with zero attached hydrogens (tertiary/aromatic N) is 2. The second-order valence-corrected chi connectivity index (χ2v) is 6.53. The fourth-order valence-electron chi connectivity index (χ4n) is 2.70. The van der Waals surface area contributed by atoms with Crippen molar-refractivity contribution in [3.8, 4) is 0 Å². The number of carbonyl (C=O) groups is 2. The first-order valence-corrected chi connectivity index (χ1v) is 8.78. The normalized spacial score (nSPS) is 10.5. The molecule has 0 atom stereocenters. The minimum absolute atomic E-state index is 0.0853. The molecule has 0 unspecified atom stereocenters. The molecule has 0 spiro atoms. The van der Waals surface area contributed by atoms with Crippen LogP contribution in [0.5, 0.6) is 0 Å². The third-order valence-corrected chi connectivity index (χ3v) is 4.46. The summed E-state index contributed by atoms with van der Waals surface area (Å²) in [6.45, 7) is 0.364. The maximum atomic E-state index is 13.6. The van der Waals surface area contributed by atoms with Gasteiger partial charge < -0.3 is 10.0 Å². The van der Waals surface area contributed by atoms with Crippen LogP contribution in [-0.4, -0.2) is 26.9 Å². The molecule has 7 heteroatoms. The average Bonchev–Trinajstić information content (AvgIpc) is 2.69. The van der Waals surface area contributed by atoms with E-state index in [-0.39, 0.29) is 30.3 Å². The first kappa shape index (κ1) is 19.5. The van der Waals surface area contributed by atoms with Crippen LogP contribution in [0.2, 0.25) is 5.02 Å². The molecule has 0 fully saturated rings. The largest absolute Gasteiger partial charge is 0.477 e. The number of hydrogen-bond donors (Lipinski definition) is 1. The van der Waals surface area contributed by atoms with E-state index in [1.807, 2.05) is 6.07 Å². The minimum Gasteiger partial charge on any atom is -0.477 e. The summed E-state index contributed by atoms with van der Waals surface area (Å²) in [6, 6.07) is 15.6. The van der Waals surface area contributed by atoms with E-state index in [4.69, 9.17) is 16.7 Å². The molecular weight excluding hydrogens is 383 g/mol. The molecule has 0 aliphatic heterocycles. The lowest BCUT2D eigenvalue weighted by atomic mass is 10.1. The minimum atomic E-state index is -1.13. The number of aromatic carboxylic acids is 1. The van der Waals surface area contributed by atoms with Crippen LogP contribution in [0.3, 0.4) is 0 Å². The van der Waals surface area contributed by atoms with Crippen LogP contribution in [0.1, 0.15) is 32.0 Å². The monoisotopic (exact) mass is 398 g/mol. The van der Waals surface area contributed by atoms with Crippen molar-refractivity contribution in [1.82, 2.24) is 9.88 Å². The first-order chi connectivity index (χ1) is 13.4. The summed E-state index contributed by atoms with van der Waals surface area (Å²) in [5.41, 5.74) is 1.51. The van der Waals surface area contributed by atoms with E-state index in [2.05, 4.69) is 4.98 Å². The predicted molar refractivity (Wildman–Crippen MR) is 103 cm³/mol. The summed E-state index contributed by atoms with van der Waals surface area (Å²) < 4.78 is 13.6. The zero-order valence-corrected chi connectivity index (χ0v) is 15.4. The van der Waals surface area contributed by atoms with Gasteiger partial charge >= 0.3 is 5.97 Å². The van der Waals surface area contributed by atoms with Gasteiger partial charge in [0.05, 0.1) is 0 Å². The van der Waals surface area contributed by atoms with Gasteiger partial charge in [0.1, 0.15) is 11.5 Å². The number of carboxylic acid groups (broad SMARTS) is 1. The van der Waals surface area contributed by atoms with Crippen LogP contribution in [0, 0.1) is 5.82 Å². The predicted octanol–water partition coefficient (Wildman–Crippen LogP) is 4.41. The van der Waals surface area contributed by atoms with E-state index in [0.29, 0.717) is 10.6 Å². The molecule has 0 saturated heterocycles. The quantitative estimate of drug-likeness (QED) is 0.667. The number of halogens is 2. The first-order valence-electron chi connectivity index (χ1n) is 8.40. The van der Waals surface area contributed by atoms with Crippen molar-refractivity contribution in [3.63, 3.8) is 0 Å². The van der Waals surface area contributed by atoms with Crippen LogP contribution < -0.4 is 0 Å². The Labute approximate surface area is 166 Å². The number of aromatic nitrogens is 1. The summed E-state index contributed by atoms with van der Waals surface area (Å²) in [7, 11) is 0. The number of carbonyl (C=O) groups excluding carboxylic acids is 1. The molecule has 142 valence electrons. The molecule has 1 heterocycles. The lowest BCUT2D eigenvalue weighted by Gasteiger charge is -2.23. The maximum absolute atomic E-state index is 13.6. The van der Waals surface area contributed by atoms with Crippen molar-refractivity contribution < 1.29 is 19.1 Å². The van der Waals surface area contributed by atoms with E-state index in [0.717, 1.165) is 5.56 Å². The molecule has 0 radical (unpaired) electrons. The highest BCUT2D eigenvalue weighted by atomic mass is 35.5. The third kappa shape index (κ3) is 4.72. The Kier molecular flexibility index (Phi) is 6.01. The van der Waals surface area contributed by atoms with Crippen LogP contribution in [0.15, 0.2) is 66.9 Å². The molecule has 0 saturated carbocycles. The number of rotatable bonds is 6. The van der Waals surface area contributed by atoms with Gasteiger partial charge in [0.2, 0.25) is 0 Å². The Balaban J connectivity index is 1.90. The van der Waals surface area contributed by atoms with Crippen LogP contribution >= 0.6 is 11.6 Å². The van der Waals surface area contributed by atoms with Gasteiger partial charge in [-0.2, -0.15) is 0 Å². The highest BCUT2D eigenvalue weighted by molar-refractivity contribution is 6.31. The van der Waals surface area contributed by atoms with Crippen molar-refractivity contribution in [2.45, 2.75) is 13.1 Å². The third-order valence-electron chi connectivity index (χ3n) is 4.10. The van der Waals surface area contributed by atoms with Crippen molar-refractivity contribution in [3.05, 3.63) is 100 Å². The second-order valence-electron chi connectivity index (χ2n) is 6.12. The van der Waals surface area contributed by atoms with Crippen LogP contribution in [-0.2, 0) is 13.1 Å². The second kappa shape index (κ2) is 8.63. The van der Waals surface area contributed by atoms with Crippen molar-refractivity contribution in [2.75, 3.05) is 0 Å². The van der Waals surface area contributed by atoms with E-state index >= 15 is 0 Å². The zero-order valence-electron chi connectivity index (χ0n) is 14.7. The van der Waals surface area contributed by atoms with Crippen LogP contribution in [0.25, 0.3) is 0 Å². The molecule has 3 rings (SSSR count). The summed E-state index contributed by atoms with van der Waals surface area (Å²) in [5, 5.41) is 9.48. The molecular formula is C21H16ClFN2O3. The fourth-order valence-corrected chi connectivity index (χ4v) is 2.90. The highest BCUT2D eigenvalue weighted by Gasteiger charge is 2.19. The summed E-state index contributed by atoms with van der Waals surface area (Å²) in [4.78, 5) is 29.3. The number of benzene rings is 2. The van der Waals surface area contributed by atoms with E-state index in [1.54, 1.807) is 24.3 Å². The SMILES string of the molecule is O=C(O)c1ccc(CN(Cc2ccccc2Cl)C(=O)c2cccc(F)c2)cn1. The fraction of sp³-hybridized carbons (Fsp3) is 0.0952.